The molecular weight excluding hydrogens is 234 g/mol. The van der Waals surface area contributed by atoms with E-state index in [0.717, 1.165) is 17.6 Å². The summed E-state index contributed by atoms with van der Waals surface area (Å²) in [4.78, 5) is 2.39. The highest BCUT2D eigenvalue weighted by molar-refractivity contribution is 5.72. The summed E-state index contributed by atoms with van der Waals surface area (Å²) in [6, 6.07) is 9.07. The van der Waals surface area contributed by atoms with Crippen LogP contribution in [0.2, 0.25) is 0 Å². The van der Waals surface area contributed by atoms with Crippen molar-refractivity contribution in [2.75, 3.05) is 21.2 Å². The van der Waals surface area contributed by atoms with Gasteiger partial charge in [-0.05, 0) is 68.5 Å². The second-order valence-corrected chi connectivity index (χ2v) is 6.10. The number of hydrogen-bond donors (Lipinski definition) is 0. The lowest BCUT2D eigenvalue weighted by molar-refractivity contribution is 0.257. The number of benzene rings is 1. The molecular formula is C17H23NO. The minimum absolute atomic E-state index is 0.561. The summed E-state index contributed by atoms with van der Waals surface area (Å²) in [7, 11) is 6.15. The van der Waals surface area contributed by atoms with Crippen molar-refractivity contribution in [3.8, 4) is 5.75 Å². The van der Waals surface area contributed by atoms with Gasteiger partial charge in [0.1, 0.15) is 5.75 Å². The van der Waals surface area contributed by atoms with Gasteiger partial charge in [0.15, 0.2) is 0 Å². The number of fused-ring (bicyclic) bond motifs is 2. The average molecular weight is 257 g/mol. The number of likely N-dealkylation sites (N-methyl/N-ethyl adjacent to an activating group) is 1. The fourth-order valence-electron chi connectivity index (χ4n) is 3.87. The van der Waals surface area contributed by atoms with Crippen LogP contribution in [-0.4, -0.2) is 32.1 Å². The molecule has 2 bridgehead atoms. The van der Waals surface area contributed by atoms with Crippen molar-refractivity contribution in [2.24, 2.45) is 11.8 Å². The van der Waals surface area contributed by atoms with Gasteiger partial charge in [-0.2, -0.15) is 0 Å². The van der Waals surface area contributed by atoms with E-state index in [-0.39, 0.29) is 0 Å². The fraction of sp³-hybridized carbons (Fsp3) is 0.529. The standard InChI is InChI=1S/C17H23NO/c1-18(2)17-14-8-7-12(9-14)10-16(17)13-5-4-6-15(11-13)19-3/h4-6,10-12,14,17H,7-9H2,1-3H3/t12-,14-,17-/m0/s1. The Hall–Kier alpha value is -1.28. The van der Waals surface area contributed by atoms with Gasteiger partial charge in [-0.3, -0.25) is 0 Å². The SMILES string of the molecule is COc1cccc(C2=C[C@H]3CC[C@@H](C3)[C@@H]2N(C)C)c1. The zero-order chi connectivity index (χ0) is 13.4. The Morgan fingerprint density at radius 1 is 1.21 bits per heavy atom. The van der Waals surface area contributed by atoms with Crippen molar-refractivity contribution < 1.29 is 4.74 Å². The molecule has 0 N–H and O–H groups in total. The molecule has 0 spiro atoms. The number of hydrogen-bond acceptors (Lipinski definition) is 2. The van der Waals surface area contributed by atoms with Crippen molar-refractivity contribution in [1.29, 1.82) is 0 Å². The maximum Gasteiger partial charge on any atom is 0.119 e. The van der Waals surface area contributed by atoms with E-state index in [4.69, 9.17) is 4.74 Å². The van der Waals surface area contributed by atoms with E-state index < -0.39 is 0 Å². The molecule has 3 rings (SSSR count). The molecule has 0 radical (unpaired) electrons. The van der Waals surface area contributed by atoms with E-state index in [1.807, 2.05) is 6.07 Å². The summed E-state index contributed by atoms with van der Waals surface area (Å²) >= 11 is 0. The summed E-state index contributed by atoms with van der Waals surface area (Å²) < 4.78 is 5.37. The van der Waals surface area contributed by atoms with Gasteiger partial charge in [0.2, 0.25) is 0 Å². The summed E-state index contributed by atoms with van der Waals surface area (Å²) in [5.41, 5.74) is 2.83. The Kier molecular flexibility index (Phi) is 3.36. The molecule has 3 atom stereocenters. The highest BCUT2D eigenvalue weighted by Gasteiger charge is 2.38. The minimum Gasteiger partial charge on any atom is -0.497 e. The number of nitrogens with zero attached hydrogens (tertiary/aromatic N) is 1. The monoisotopic (exact) mass is 257 g/mol. The van der Waals surface area contributed by atoms with Crippen LogP contribution < -0.4 is 4.74 Å². The predicted molar refractivity (Wildman–Crippen MR) is 79.3 cm³/mol. The van der Waals surface area contributed by atoms with Gasteiger partial charge < -0.3 is 9.64 Å². The third kappa shape index (κ3) is 2.30. The van der Waals surface area contributed by atoms with Gasteiger partial charge in [0.25, 0.3) is 0 Å². The van der Waals surface area contributed by atoms with E-state index in [1.54, 1.807) is 7.11 Å². The molecule has 102 valence electrons. The van der Waals surface area contributed by atoms with Gasteiger partial charge in [-0.25, -0.2) is 0 Å². The van der Waals surface area contributed by atoms with Crippen LogP contribution in [0.5, 0.6) is 5.75 Å². The molecule has 2 heteroatoms. The second-order valence-electron chi connectivity index (χ2n) is 6.10. The van der Waals surface area contributed by atoms with Gasteiger partial charge >= 0.3 is 0 Å². The topological polar surface area (TPSA) is 12.5 Å². The van der Waals surface area contributed by atoms with Crippen LogP contribution in [0.3, 0.4) is 0 Å². The number of methoxy groups -OCH3 is 1. The largest absolute Gasteiger partial charge is 0.497 e. The highest BCUT2D eigenvalue weighted by atomic mass is 16.5. The van der Waals surface area contributed by atoms with Gasteiger partial charge in [-0.15, -0.1) is 0 Å². The molecule has 0 aromatic heterocycles. The lowest BCUT2D eigenvalue weighted by Gasteiger charge is -2.35. The van der Waals surface area contributed by atoms with E-state index in [9.17, 15) is 0 Å². The second kappa shape index (κ2) is 5.01. The Morgan fingerprint density at radius 2 is 2.05 bits per heavy atom. The van der Waals surface area contributed by atoms with Crippen LogP contribution in [0.4, 0.5) is 0 Å². The Bertz CT molecular complexity index is 492. The normalized spacial score (nSPS) is 29.5. The van der Waals surface area contributed by atoms with E-state index in [1.165, 1.54) is 30.4 Å². The van der Waals surface area contributed by atoms with Crippen LogP contribution >= 0.6 is 0 Å². The molecule has 1 aromatic rings. The first-order valence-electron chi connectivity index (χ1n) is 7.21. The first-order valence-corrected chi connectivity index (χ1v) is 7.21. The zero-order valence-corrected chi connectivity index (χ0v) is 12.1. The van der Waals surface area contributed by atoms with Crippen molar-refractivity contribution in [2.45, 2.75) is 25.3 Å². The molecule has 2 aliphatic rings. The summed E-state index contributed by atoms with van der Waals surface area (Å²) in [5.74, 6) is 2.57. The van der Waals surface area contributed by atoms with Crippen molar-refractivity contribution in [3.05, 3.63) is 35.9 Å². The molecule has 19 heavy (non-hydrogen) atoms. The van der Waals surface area contributed by atoms with Crippen molar-refractivity contribution in [3.63, 3.8) is 0 Å². The number of rotatable bonds is 3. The first-order chi connectivity index (χ1) is 9.19. The van der Waals surface area contributed by atoms with Gasteiger partial charge in [-0.1, -0.05) is 18.2 Å². The van der Waals surface area contributed by atoms with E-state index >= 15 is 0 Å². The van der Waals surface area contributed by atoms with Crippen LogP contribution in [0.15, 0.2) is 30.3 Å². The maximum absolute atomic E-state index is 5.37. The molecule has 0 saturated heterocycles. The zero-order valence-electron chi connectivity index (χ0n) is 12.1. The van der Waals surface area contributed by atoms with E-state index in [0.29, 0.717) is 6.04 Å². The molecule has 0 amide bonds. The molecule has 2 aliphatic carbocycles. The van der Waals surface area contributed by atoms with Crippen LogP contribution in [0.1, 0.15) is 24.8 Å². The highest BCUT2D eigenvalue weighted by Crippen LogP contribution is 2.45. The van der Waals surface area contributed by atoms with Crippen molar-refractivity contribution >= 4 is 5.57 Å². The van der Waals surface area contributed by atoms with Crippen molar-refractivity contribution in [1.82, 2.24) is 4.90 Å². The Labute approximate surface area is 116 Å². The molecule has 2 nitrogen and oxygen atoms in total. The molecule has 1 saturated carbocycles. The number of allylic oxidation sites excluding steroid dienone is 1. The Morgan fingerprint density at radius 3 is 2.79 bits per heavy atom. The molecule has 0 unspecified atom stereocenters. The molecule has 1 aromatic carbocycles. The lowest BCUT2D eigenvalue weighted by atomic mass is 9.81. The van der Waals surface area contributed by atoms with E-state index in [2.05, 4.69) is 43.3 Å². The summed E-state index contributed by atoms with van der Waals surface area (Å²) in [6.07, 6.45) is 6.62. The molecule has 0 heterocycles. The molecule has 0 aliphatic heterocycles. The van der Waals surface area contributed by atoms with Crippen LogP contribution in [0.25, 0.3) is 5.57 Å². The minimum atomic E-state index is 0.561. The van der Waals surface area contributed by atoms with Gasteiger partial charge in [0.05, 0.1) is 7.11 Å². The van der Waals surface area contributed by atoms with Gasteiger partial charge in [0, 0.05) is 6.04 Å². The smallest absolute Gasteiger partial charge is 0.119 e. The average Bonchev–Trinajstić information content (AvgIpc) is 2.79. The fourth-order valence-corrected chi connectivity index (χ4v) is 3.87. The quantitative estimate of drug-likeness (QED) is 0.822. The first kappa shape index (κ1) is 12.7. The predicted octanol–water partition coefficient (Wildman–Crippen LogP) is 3.44. The lowest BCUT2D eigenvalue weighted by Crippen LogP contribution is -2.37. The molecule has 1 fully saturated rings. The maximum atomic E-state index is 5.37. The summed E-state index contributed by atoms with van der Waals surface area (Å²) in [5, 5.41) is 0. The Balaban J connectivity index is 2.00. The third-order valence-corrected chi connectivity index (χ3v) is 4.65. The summed E-state index contributed by atoms with van der Waals surface area (Å²) in [6.45, 7) is 0. The third-order valence-electron chi connectivity index (χ3n) is 4.65. The number of ether oxygens (including phenoxy) is 1. The van der Waals surface area contributed by atoms with Crippen LogP contribution in [-0.2, 0) is 0 Å². The van der Waals surface area contributed by atoms with Crippen LogP contribution in [0, 0.1) is 11.8 Å².